The van der Waals surface area contributed by atoms with Gasteiger partial charge in [0.05, 0.1) is 6.54 Å². The molecule has 1 aromatic heterocycles. The highest BCUT2D eigenvalue weighted by atomic mass is 35.5. The highest BCUT2D eigenvalue weighted by Gasteiger charge is 2.11. The molecule has 1 rings (SSSR count). The fraction of sp³-hybridized carbons (Fsp3) is 0.400. The molecule has 0 aromatic carbocycles. The lowest BCUT2D eigenvalue weighted by atomic mass is 10.2. The smallest absolute Gasteiger partial charge is 1.00 e. The van der Waals surface area contributed by atoms with Gasteiger partial charge in [-0.2, -0.15) is 0 Å². The van der Waals surface area contributed by atoms with Crippen molar-refractivity contribution in [2.24, 2.45) is 5.73 Å². The normalized spacial score (nSPS) is 8.91. The molecule has 1 heterocycles. The van der Waals surface area contributed by atoms with Crippen molar-refractivity contribution in [3.63, 3.8) is 0 Å². The van der Waals surface area contributed by atoms with Crippen LogP contribution in [0.2, 0.25) is 0 Å². The molecule has 0 saturated carbocycles. The fourth-order valence-electron chi connectivity index (χ4n) is 0.581. The molecule has 0 radical (unpaired) electrons. The Hall–Kier alpha value is -0.940. The highest BCUT2D eigenvalue weighted by Crippen LogP contribution is 1.99. The number of carbonyl (C=O) groups excluding carboxylic acids is 1. The molecule has 62 valence electrons. The first-order valence-electron chi connectivity index (χ1n) is 2.78. The third kappa shape index (κ3) is 1.99. The Labute approximate surface area is 70.8 Å². The first-order valence-corrected chi connectivity index (χ1v) is 2.78. The van der Waals surface area contributed by atoms with Crippen LogP contribution in [0.25, 0.3) is 0 Å². The molecule has 2 N–H and O–H groups in total. The summed E-state index contributed by atoms with van der Waals surface area (Å²) in [5.41, 5.74) is 5.78. The zero-order valence-electron chi connectivity index (χ0n) is 6.87. The number of nitrogens with two attached hydrogens (primary N) is 1. The number of carbonyl (C=O) groups is 1. The second kappa shape index (κ2) is 4.05. The van der Waals surface area contributed by atoms with E-state index in [0.29, 0.717) is 5.69 Å². The molecule has 1 aromatic rings. The summed E-state index contributed by atoms with van der Waals surface area (Å²) in [6.45, 7) is 1.58. The van der Waals surface area contributed by atoms with Crippen molar-refractivity contribution in [2.75, 3.05) is 6.54 Å². The molecule has 5 nitrogen and oxygen atoms in total. The second-order valence-corrected chi connectivity index (χ2v) is 1.83. The van der Waals surface area contributed by atoms with E-state index in [4.69, 9.17) is 5.73 Å². The van der Waals surface area contributed by atoms with Gasteiger partial charge in [0.15, 0.2) is 11.5 Å². The van der Waals surface area contributed by atoms with Crippen LogP contribution < -0.4 is 18.1 Å². The van der Waals surface area contributed by atoms with Crippen molar-refractivity contribution < 1.29 is 23.3 Å². The van der Waals surface area contributed by atoms with Crippen LogP contribution in [0.5, 0.6) is 0 Å². The van der Waals surface area contributed by atoms with Crippen LogP contribution in [-0.4, -0.2) is 22.6 Å². The highest BCUT2D eigenvalue weighted by molar-refractivity contribution is 5.96. The third-order valence-electron chi connectivity index (χ3n) is 1.10. The zero-order chi connectivity index (χ0) is 7.56. The molecule has 0 atom stereocenters. The number of rotatable bonds is 2. The summed E-state index contributed by atoms with van der Waals surface area (Å²) in [5, 5.41) is 6.79. The van der Waals surface area contributed by atoms with Gasteiger partial charge in [0.25, 0.3) is 0 Å². The molecule has 0 aliphatic rings. The van der Waals surface area contributed by atoms with E-state index >= 15 is 0 Å². The average molecular weight is 178 g/mol. The van der Waals surface area contributed by atoms with Gasteiger partial charge in [0.2, 0.25) is 0 Å². The number of aromatic nitrogens is 2. The molecule has 0 saturated heterocycles. The molecule has 0 aliphatic carbocycles. The van der Waals surface area contributed by atoms with Gasteiger partial charge >= 0.3 is 1.43 Å². The van der Waals surface area contributed by atoms with Crippen LogP contribution >= 0.6 is 0 Å². The van der Waals surface area contributed by atoms with Gasteiger partial charge in [0, 0.05) is 0 Å². The number of aryl methyl sites for hydroxylation is 1. The van der Waals surface area contributed by atoms with E-state index in [2.05, 4.69) is 14.9 Å². The third-order valence-corrected chi connectivity index (χ3v) is 1.10. The molecule has 0 spiro atoms. The van der Waals surface area contributed by atoms with Crippen LogP contribution in [0.15, 0.2) is 4.63 Å². The van der Waals surface area contributed by atoms with Gasteiger partial charge < -0.3 is 18.1 Å². The quantitative estimate of drug-likeness (QED) is 0.477. The van der Waals surface area contributed by atoms with Crippen molar-refractivity contribution in [3.8, 4) is 0 Å². The fourth-order valence-corrected chi connectivity index (χ4v) is 0.581. The van der Waals surface area contributed by atoms with Crippen LogP contribution in [0.1, 0.15) is 17.6 Å². The van der Waals surface area contributed by atoms with E-state index in [9.17, 15) is 4.79 Å². The van der Waals surface area contributed by atoms with Gasteiger partial charge in [-0.3, -0.25) is 4.79 Å². The lowest BCUT2D eigenvalue weighted by Crippen LogP contribution is -3.00. The predicted molar refractivity (Wildman–Crippen MR) is 33.5 cm³/mol. The molecule has 0 aliphatic heterocycles. The second-order valence-electron chi connectivity index (χ2n) is 1.83. The van der Waals surface area contributed by atoms with Gasteiger partial charge in [-0.05, 0) is 12.1 Å². The number of nitrogens with zero attached hydrogens (tertiary/aromatic N) is 2. The molecule has 0 amide bonds. The number of hydrogen-bond donors (Lipinski definition) is 1. The van der Waals surface area contributed by atoms with Crippen molar-refractivity contribution in [3.05, 3.63) is 11.4 Å². The maximum absolute atomic E-state index is 10.8. The molecule has 0 unspecified atom stereocenters. The molecule has 0 fully saturated rings. The number of ketones is 1. The van der Waals surface area contributed by atoms with Crippen LogP contribution in [-0.2, 0) is 0 Å². The minimum Gasteiger partial charge on any atom is -1.00 e. The SMILES string of the molecule is Cc1nonc1C(=O)CN.[Cl-].[H+]. The van der Waals surface area contributed by atoms with Gasteiger partial charge in [0.1, 0.15) is 5.69 Å². The van der Waals surface area contributed by atoms with Crippen LogP contribution in [0, 0.1) is 6.92 Å². The number of halogens is 1. The van der Waals surface area contributed by atoms with Gasteiger partial charge in [-0.15, -0.1) is 0 Å². The molecule has 6 heteroatoms. The summed E-state index contributed by atoms with van der Waals surface area (Å²) >= 11 is 0. The summed E-state index contributed by atoms with van der Waals surface area (Å²) < 4.78 is 4.29. The Bertz CT molecular complexity index is 253. The Morgan fingerprint density at radius 1 is 1.73 bits per heavy atom. The van der Waals surface area contributed by atoms with E-state index in [1.165, 1.54) is 0 Å². The summed E-state index contributed by atoms with van der Waals surface area (Å²) in [5.74, 6) is -0.251. The first kappa shape index (κ1) is 10.1. The molecule has 11 heavy (non-hydrogen) atoms. The largest absolute Gasteiger partial charge is 1.00 e. The summed E-state index contributed by atoms with van der Waals surface area (Å²) in [7, 11) is 0. The molecular formula is C5H8ClN3O2. The van der Waals surface area contributed by atoms with E-state index in [-0.39, 0.29) is 31.9 Å². The summed E-state index contributed by atoms with van der Waals surface area (Å²) in [6, 6.07) is 0. The first-order chi connectivity index (χ1) is 4.75. The minimum absolute atomic E-state index is 0. The van der Waals surface area contributed by atoms with Crippen molar-refractivity contribution in [1.82, 2.24) is 10.3 Å². The monoisotopic (exact) mass is 177 g/mol. The van der Waals surface area contributed by atoms with Gasteiger partial charge in [-0.25, -0.2) is 4.63 Å². The minimum atomic E-state index is -0.251. The van der Waals surface area contributed by atoms with E-state index in [0.717, 1.165) is 0 Å². The van der Waals surface area contributed by atoms with Crippen LogP contribution in [0.4, 0.5) is 0 Å². The number of hydrogen-bond acceptors (Lipinski definition) is 5. The Morgan fingerprint density at radius 2 is 2.36 bits per heavy atom. The Balaban J connectivity index is 0. The average Bonchev–Trinajstić information content (AvgIpc) is 2.34. The van der Waals surface area contributed by atoms with Crippen molar-refractivity contribution in [2.45, 2.75) is 6.92 Å². The van der Waals surface area contributed by atoms with E-state index < -0.39 is 0 Å². The van der Waals surface area contributed by atoms with Gasteiger partial charge in [-0.1, -0.05) is 5.16 Å². The molecular weight excluding hydrogens is 170 g/mol. The predicted octanol–water partition coefficient (Wildman–Crippen LogP) is -3.36. The maximum Gasteiger partial charge on any atom is 1.00 e. The lowest BCUT2D eigenvalue weighted by molar-refractivity contribution is -0.0000104. The summed E-state index contributed by atoms with van der Waals surface area (Å²) in [6.07, 6.45) is 0. The summed E-state index contributed by atoms with van der Waals surface area (Å²) in [4.78, 5) is 10.8. The van der Waals surface area contributed by atoms with Crippen molar-refractivity contribution in [1.29, 1.82) is 0 Å². The Morgan fingerprint density at radius 3 is 2.73 bits per heavy atom. The van der Waals surface area contributed by atoms with E-state index in [1.54, 1.807) is 6.92 Å². The maximum atomic E-state index is 10.8. The topological polar surface area (TPSA) is 82.0 Å². The lowest BCUT2D eigenvalue weighted by Gasteiger charge is -1.86. The van der Waals surface area contributed by atoms with E-state index in [1.807, 2.05) is 0 Å². The number of Topliss-reactive ketones (excluding diaryl/α,β-unsaturated/α-hetero) is 1. The zero-order valence-corrected chi connectivity index (χ0v) is 6.63. The van der Waals surface area contributed by atoms with Crippen molar-refractivity contribution >= 4 is 5.78 Å². The standard InChI is InChI=1S/C5H7N3O2.ClH/c1-3-5(4(9)2-6)8-10-7-3;/h2,6H2,1H3;1H. The molecule has 0 bridgehead atoms. The Kier molecular flexibility index (Phi) is 3.70. The van der Waals surface area contributed by atoms with Crippen LogP contribution in [0.3, 0.4) is 0 Å².